The molecule has 0 radical (unpaired) electrons. The van der Waals surface area contributed by atoms with Crippen LogP contribution in [0, 0.1) is 0 Å². The summed E-state index contributed by atoms with van der Waals surface area (Å²) in [4.78, 5) is 25.6. The Hall–Kier alpha value is -2.39. The van der Waals surface area contributed by atoms with Crippen molar-refractivity contribution in [3.05, 3.63) is 48.6 Å². The molecule has 0 aromatic heterocycles. The molecule has 0 aromatic carbocycles. The molecule has 1 aliphatic rings. The van der Waals surface area contributed by atoms with E-state index in [0.29, 0.717) is 12.8 Å². The Morgan fingerprint density at radius 3 is 1.31 bits per heavy atom. The van der Waals surface area contributed by atoms with E-state index in [1.165, 1.54) is 135 Å². The van der Waals surface area contributed by atoms with Crippen LogP contribution in [0.2, 0.25) is 0 Å². The predicted molar refractivity (Wildman–Crippen MR) is 284 cm³/mol. The zero-order valence-corrected chi connectivity index (χ0v) is 44.9. The average Bonchev–Trinajstić information content (AvgIpc) is 3.33. The minimum Gasteiger partial charge on any atom is -0.462 e. The molecule has 0 bridgehead atoms. The van der Waals surface area contributed by atoms with Gasteiger partial charge in [0.25, 0.3) is 10.1 Å². The topological polar surface area (TPSA) is 186 Å². The monoisotopic (exact) mass is 1010 g/mol. The zero-order valence-electron chi connectivity index (χ0n) is 44.1. The number of allylic oxidation sites excluding steroid dienone is 8. The molecule has 13 heteroatoms. The van der Waals surface area contributed by atoms with E-state index >= 15 is 0 Å². The largest absolute Gasteiger partial charge is 0.462 e. The maximum Gasteiger partial charge on any atom is 0.306 e. The first-order chi connectivity index (χ1) is 34.0. The summed E-state index contributed by atoms with van der Waals surface area (Å²) in [6.45, 7) is 3.76. The Balaban J connectivity index is 2.33. The van der Waals surface area contributed by atoms with Crippen molar-refractivity contribution in [1.82, 2.24) is 0 Å². The van der Waals surface area contributed by atoms with Gasteiger partial charge in [0, 0.05) is 12.8 Å². The number of carbonyl (C=O) groups excluding carboxylic acids is 2. The second-order valence-electron chi connectivity index (χ2n) is 19.6. The third-order valence-electron chi connectivity index (χ3n) is 12.9. The molecule has 0 amide bonds. The van der Waals surface area contributed by atoms with E-state index in [0.717, 1.165) is 70.6 Å². The quantitative estimate of drug-likeness (QED) is 0.0196. The van der Waals surface area contributed by atoms with Crippen LogP contribution in [0.1, 0.15) is 245 Å². The molecule has 0 aromatic rings. The number of hydrogen-bond acceptors (Lipinski definition) is 11. The molecule has 12 nitrogen and oxygen atoms in total. The number of ether oxygens (including phenoxy) is 4. The highest BCUT2D eigenvalue weighted by Gasteiger charge is 2.46. The zero-order chi connectivity index (χ0) is 51.2. The first kappa shape index (κ1) is 65.6. The number of carbonyl (C=O) groups is 2. The summed E-state index contributed by atoms with van der Waals surface area (Å²) in [5.74, 6) is -1.99. The van der Waals surface area contributed by atoms with Crippen LogP contribution in [0.15, 0.2) is 48.6 Å². The van der Waals surface area contributed by atoms with E-state index in [2.05, 4.69) is 62.5 Å². The van der Waals surface area contributed by atoms with E-state index in [9.17, 15) is 37.9 Å². The highest BCUT2D eigenvalue weighted by molar-refractivity contribution is 7.85. The van der Waals surface area contributed by atoms with Gasteiger partial charge in [-0.1, -0.05) is 204 Å². The Kier molecular flexibility index (Phi) is 43.5. The van der Waals surface area contributed by atoms with Gasteiger partial charge in [0.1, 0.15) is 36.8 Å². The average molecular weight is 1010 g/mol. The molecule has 0 saturated carbocycles. The molecule has 1 saturated heterocycles. The first-order valence-electron chi connectivity index (χ1n) is 28.2. The van der Waals surface area contributed by atoms with Gasteiger partial charge in [0.2, 0.25) is 0 Å². The molecule has 70 heavy (non-hydrogen) atoms. The lowest BCUT2D eigenvalue weighted by Gasteiger charge is -2.40. The first-order valence-corrected chi connectivity index (χ1v) is 29.8. The Morgan fingerprint density at radius 1 is 0.486 bits per heavy atom. The summed E-state index contributed by atoms with van der Waals surface area (Å²) in [5.41, 5.74) is 0. The van der Waals surface area contributed by atoms with Crippen LogP contribution in [0.5, 0.6) is 0 Å². The summed E-state index contributed by atoms with van der Waals surface area (Å²) >= 11 is 0. The highest BCUT2D eigenvalue weighted by atomic mass is 32.2. The maximum atomic E-state index is 12.9. The molecule has 0 spiro atoms. The minimum atomic E-state index is -4.61. The predicted octanol–water partition coefficient (Wildman–Crippen LogP) is 13.5. The molecule has 6 unspecified atom stereocenters. The molecular weight excluding hydrogens is 909 g/mol. The van der Waals surface area contributed by atoms with Crippen LogP contribution in [0.3, 0.4) is 0 Å². The van der Waals surface area contributed by atoms with Gasteiger partial charge in [0.15, 0.2) is 12.4 Å². The second kappa shape index (κ2) is 46.4. The van der Waals surface area contributed by atoms with E-state index in [-0.39, 0.29) is 19.4 Å². The Bertz CT molecular complexity index is 1460. The second-order valence-corrected chi connectivity index (χ2v) is 21.1. The van der Waals surface area contributed by atoms with Crippen molar-refractivity contribution in [1.29, 1.82) is 0 Å². The third kappa shape index (κ3) is 40.1. The molecule has 1 heterocycles. The normalized spacial score (nSPS) is 19.3. The van der Waals surface area contributed by atoms with Gasteiger partial charge in [0.05, 0.1) is 6.61 Å². The molecule has 1 rings (SSSR count). The van der Waals surface area contributed by atoms with E-state index in [4.69, 9.17) is 18.9 Å². The molecule has 1 aliphatic heterocycles. The van der Waals surface area contributed by atoms with Crippen LogP contribution in [-0.2, 0) is 38.7 Å². The number of aliphatic hydroxyl groups is 3. The van der Waals surface area contributed by atoms with Crippen molar-refractivity contribution in [3.63, 3.8) is 0 Å². The summed E-state index contributed by atoms with van der Waals surface area (Å²) in [6.07, 6.45) is 48.6. The highest BCUT2D eigenvalue weighted by Crippen LogP contribution is 2.24. The van der Waals surface area contributed by atoms with Gasteiger partial charge in [-0.05, 0) is 77.0 Å². The summed E-state index contributed by atoms with van der Waals surface area (Å²) in [7, 11) is -4.61. The van der Waals surface area contributed by atoms with Crippen molar-refractivity contribution in [2.24, 2.45) is 0 Å². The molecule has 1 fully saturated rings. The SMILES string of the molecule is CCCCC/C=C\C/C=C\C/C=C\CCCCCCCCC(=O)OC(COC(=O)CCCCCCCCCCCCC/C=C\CCCCCCCCCC)COC1OC(CS(=O)(=O)O)C(O)C(O)C1O. The lowest BCUT2D eigenvalue weighted by atomic mass is 10.00. The number of unbranched alkanes of at least 4 members (excludes halogenated alkanes) is 28. The van der Waals surface area contributed by atoms with Crippen molar-refractivity contribution in [3.8, 4) is 0 Å². The molecule has 408 valence electrons. The van der Waals surface area contributed by atoms with Crippen molar-refractivity contribution in [2.75, 3.05) is 19.0 Å². The number of esters is 2. The lowest BCUT2D eigenvalue weighted by molar-refractivity contribution is -0.297. The van der Waals surface area contributed by atoms with Crippen LogP contribution in [-0.4, -0.2) is 96.0 Å². The fourth-order valence-electron chi connectivity index (χ4n) is 8.50. The van der Waals surface area contributed by atoms with Crippen LogP contribution < -0.4 is 0 Å². The molecule has 6 atom stereocenters. The molecule has 0 aliphatic carbocycles. The van der Waals surface area contributed by atoms with E-state index in [1.54, 1.807) is 0 Å². The van der Waals surface area contributed by atoms with E-state index < -0.39 is 71.2 Å². The van der Waals surface area contributed by atoms with Crippen LogP contribution >= 0.6 is 0 Å². The van der Waals surface area contributed by atoms with Gasteiger partial charge < -0.3 is 34.3 Å². The summed E-state index contributed by atoms with van der Waals surface area (Å²) < 4.78 is 54.4. The van der Waals surface area contributed by atoms with Crippen LogP contribution in [0.4, 0.5) is 0 Å². The Morgan fingerprint density at radius 2 is 0.857 bits per heavy atom. The van der Waals surface area contributed by atoms with Gasteiger partial charge in [-0.25, -0.2) is 0 Å². The molecule has 4 N–H and O–H groups in total. The van der Waals surface area contributed by atoms with Gasteiger partial charge >= 0.3 is 11.9 Å². The minimum absolute atomic E-state index is 0.149. The van der Waals surface area contributed by atoms with Gasteiger partial charge in [-0.3, -0.25) is 14.1 Å². The van der Waals surface area contributed by atoms with Crippen LogP contribution in [0.25, 0.3) is 0 Å². The van der Waals surface area contributed by atoms with E-state index in [1.807, 2.05) is 0 Å². The van der Waals surface area contributed by atoms with Crippen molar-refractivity contribution < 1.29 is 56.8 Å². The Labute approximate surface area is 426 Å². The number of hydrogen-bond donors (Lipinski definition) is 4. The fourth-order valence-corrected chi connectivity index (χ4v) is 9.19. The fraction of sp³-hybridized carbons (Fsp3) is 0.825. The van der Waals surface area contributed by atoms with Crippen molar-refractivity contribution in [2.45, 2.75) is 282 Å². The van der Waals surface area contributed by atoms with Crippen molar-refractivity contribution >= 4 is 22.1 Å². The number of rotatable bonds is 48. The van der Waals surface area contributed by atoms with Gasteiger partial charge in [-0.15, -0.1) is 0 Å². The molecular formula is C57H102O12S. The summed E-state index contributed by atoms with van der Waals surface area (Å²) in [5, 5.41) is 31.0. The smallest absolute Gasteiger partial charge is 0.306 e. The standard InChI is InChI=1S/C57H102O12S/c1-3-5-7-9-11-13-15-17-19-21-23-24-25-26-28-29-31-33-35-37-39-41-43-45-52(58)66-47-50(48-67-57-56(62)55(61)54(60)51(69-57)49-70(63,64)65)68-53(59)46-44-42-40-38-36-34-32-30-27-22-20-18-16-14-12-10-8-6-4-2/h12,14,18,20-21,23,27,30,50-51,54-57,60-62H,3-11,13,15-17,19,22,24-26,28-29,31-49H2,1-2H3,(H,63,64,65)/b14-12-,20-18-,23-21-,30-27-. The summed E-state index contributed by atoms with van der Waals surface area (Å²) in [6, 6.07) is 0. The maximum absolute atomic E-state index is 12.9. The number of aliphatic hydroxyl groups excluding tert-OH is 3. The third-order valence-corrected chi connectivity index (χ3v) is 13.6. The lowest BCUT2D eigenvalue weighted by Crippen LogP contribution is -2.60. The van der Waals surface area contributed by atoms with Gasteiger partial charge in [-0.2, -0.15) is 8.42 Å².